The summed E-state index contributed by atoms with van der Waals surface area (Å²) in [6.45, 7) is 4.15. The fraction of sp³-hybridized carbons (Fsp3) is 0.381. The summed E-state index contributed by atoms with van der Waals surface area (Å²) in [7, 11) is 1.60. The Bertz CT molecular complexity index is 770. The van der Waals surface area contributed by atoms with Crippen molar-refractivity contribution in [2.45, 2.75) is 26.3 Å². The van der Waals surface area contributed by atoms with E-state index in [9.17, 15) is 9.18 Å². The number of carbonyl (C=O) groups is 1. The van der Waals surface area contributed by atoms with Crippen molar-refractivity contribution >= 4 is 11.6 Å². The van der Waals surface area contributed by atoms with Gasteiger partial charge in [0.2, 0.25) is 5.91 Å². The number of carbonyl (C=O) groups excluding carboxylic acids is 1. The van der Waals surface area contributed by atoms with Gasteiger partial charge in [-0.05, 0) is 56.6 Å². The normalized spacial score (nSPS) is 15.7. The van der Waals surface area contributed by atoms with Crippen molar-refractivity contribution in [2.24, 2.45) is 5.92 Å². The molecule has 0 unspecified atom stereocenters. The number of amides is 1. The van der Waals surface area contributed by atoms with Gasteiger partial charge >= 0.3 is 0 Å². The van der Waals surface area contributed by atoms with Crippen molar-refractivity contribution < 1.29 is 13.9 Å². The molecule has 1 aliphatic heterocycles. The Morgan fingerprint density at radius 2 is 1.96 bits per heavy atom. The molecule has 1 N–H and O–H groups in total. The highest BCUT2D eigenvalue weighted by Gasteiger charge is 2.26. The Balaban J connectivity index is 1.55. The van der Waals surface area contributed by atoms with Gasteiger partial charge in [0.1, 0.15) is 11.6 Å². The number of hydrogen-bond acceptors (Lipinski definition) is 3. The van der Waals surface area contributed by atoms with E-state index in [4.69, 9.17) is 4.74 Å². The molecule has 0 spiro atoms. The first-order valence-corrected chi connectivity index (χ1v) is 8.98. The first kappa shape index (κ1) is 18.4. The molecular weight excluding hydrogens is 331 g/mol. The smallest absolute Gasteiger partial charge is 0.227 e. The first-order valence-electron chi connectivity index (χ1n) is 8.98. The van der Waals surface area contributed by atoms with Gasteiger partial charge in [-0.2, -0.15) is 0 Å². The Kier molecular flexibility index (Phi) is 5.89. The van der Waals surface area contributed by atoms with Crippen molar-refractivity contribution in [3.8, 4) is 5.75 Å². The number of rotatable bonds is 5. The van der Waals surface area contributed by atoms with Crippen LogP contribution < -0.4 is 10.1 Å². The van der Waals surface area contributed by atoms with Crippen LogP contribution in [0.3, 0.4) is 0 Å². The van der Waals surface area contributed by atoms with E-state index in [-0.39, 0.29) is 17.6 Å². The summed E-state index contributed by atoms with van der Waals surface area (Å²) in [5, 5.41) is 3.00. The summed E-state index contributed by atoms with van der Waals surface area (Å²) in [5.74, 6) is 0.497. The molecule has 1 amide bonds. The molecule has 3 rings (SSSR count). The topological polar surface area (TPSA) is 41.6 Å². The lowest BCUT2D eigenvalue weighted by atomic mass is 9.95. The quantitative estimate of drug-likeness (QED) is 0.881. The summed E-state index contributed by atoms with van der Waals surface area (Å²) in [6, 6.07) is 12.6. The van der Waals surface area contributed by atoms with Crippen LogP contribution in [0.1, 0.15) is 24.0 Å². The van der Waals surface area contributed by atoms with Gasteiger partial charge in [-0.25, -0.2) is 4.39 Å². The molecular formula is C21H25FN2O2. The zero-order valence-electron chi connectivity index (χ0n) is 15.3. The van der Waals surface area contributed by atoms with Crippen LogP contribution in [0.4, 0.5) is 10.1 Å². The summed E-state index contributed by atoms with van der Waals surface area (Å²) >= 11 is 0. The van der Waals surface area contributed by atoms with E-state index < -0.39 is 0 Å². The molecule has 0 aliphatic carbocycles. The van der Waals surface area contributed by atoms with Crippen molar-refractivity contribution in [1.82, 2.24) is 4.90 Å². The standard InChI is InChI=1S/C21H25FN2O2/c1-15-7-8-20(26-2)19(13-15)23-21(25)16-9-11-24(12-10-16)14-17-5-3-4-6-18(17)22/h3-8,13,16H,9-12,14H2,1-2H3,(H,23,25). The molecule has 1 aliphatic rings. The maximum absolute atomic E-state index is 13.8. The summed E-state index contributed by atoms with van der Waals surface area (Å²) in [5.41, 5.74) is 2.49. The molecule has 0 aromatic heterocycles. The number of hydrogen-bond donors (Lipinski definition) is 1. The molecule has 5 heteroatoms. The van der Waals surface area contributed by atoms with Gasteiger partial charge in [-0.3, -0.25) is 9.69 Å². The number of ether oxygens (including phenoxy) is 1. The highest BCUT2D eigenvalue weighted by atomic mass is 19.1. The van der Waals surface area contributed by atoms with Crippen LogP contribution in [0.15, 0.2) is 42.5 Å². The Morgan fingerprint density at radius 3 is 2.65 bits per heavy atom. The van der Waals surface area contributed by atoms with E-state index in [1.165, 1.54) is 6.07 Å². The van der Waals surface area contributed by atoms with Crippen LogP contribution in [-0.2, 0) is 11.3 Å². The van der Waals surface area contributed by atoms with Crippen molar-refractivity contribution in [3.63, 3.8) is 0 Å². The summed E-state index contributed by atoms with van der Waals surface area (Å²) in [4.78, 5) is 14.8. The number of piperidine rings is 1. The fourth-order valence-electron chi connectivity index (χ4n) is 3.38. The minimum absolute atomic E-state index is 0.0273. The molecule has 4 nitrogen and oxygen atoms in total. The van der Waals surface area contributed by atoms with Crippen LogP contribution >= 0.6 is 0 Å². The van der Waals surface area contributed by atoms with Gasteiger partial charge in [0.05, 0.1) is 12.8 Å². The van der Waals surface area contributed by atoms with Crippen molar-refractivity contribution in [3.05, 3.63) is 59.4 Å². The van der Waals surface area contributed by atoms with E-state index in [1.807, 2.05) is 37.3 Å². The highest BCUT2D eigenvalue weighted by molar-refractivity contribution is 5.94. The largest absolute Gasteiger partial charge is 0.495 e. The van der Waals surface area contributed by atoms with E-state index in [1.54, 1.807) is 13.2 Å². The average Bonchev–Trinajstić information content (AvgIpc) is 2.64. The van der Waals surface area contributed by atoms with Gasteiger partial charge in [0, 0.05) is 18.0 Å². The first-order chi connectivity index (χ1) is 12.6. The molecule has 138 valence electrons. The lowest BCUT2D eigenvalue weighted by molar-refractivity contribution is -0.121. The highest BCUT2D eigenvalue weighted by Crippen LogP contribution is 2.27. The molecule has 2 aromatic carbocycles. The second kappa shape index (κ2) is 8.32. The Labute approximate surface area is 154 Å². The zero-order chi connectivity index (χ0) is 18.5. The van der Waals surface area contributed by atoms with Crippen LogP contribution in [0.25, 0.3) is 0 Å². The molecule has 0 bridgehead atoms. The maximum atomic E-state index is 13.8. The predicted molar refractivity (Wildman–Crippen MR) is 101 cm³/mol. The third-order valence-corrected chi connectivity index (χ3v) is 4.92. The maximum Gasteiger partial charge on any atom is 0.227 e. The second-order valence-electron chi connectivity index (χ2n) is 6.83. The number of anilines is 1. The van der Waals surface area contributed by atoms with Crippen LogP contribution in [-0.4, -0.2) is 31.0 Å². The summed E-state index contributed by atoms with van der Waals surface area (Å²) in [6.07, 6.45) is 1.54. The van der Waals surface area contributed by atoms with Gasteiger partial charge in [0.15, 0.2) is 0 Å². The molecule has 0 radical (unpaired) electrons. The number of halogens is 1. The number of methoxy groups -OCH3 is 1. The van der Waals surface area contributed by atoms with Crippen LogP contribution in [0.2, 0.25) is 0 Å². The number of nitrogens with zero attached hydrogens (tertiary/aromatic N) is 1. The minimum atomic E-state index is -0.168. The Hall–Kier alpha value is -2.40. The number of nitrogens with one attached hydrogen (secondary N) is 1. The molecule has 1 fully saturated rings. The monoisotopic (exact) mass is 356 g/mol. The van der Waals surface area contributed by atoms with E-state index in [0.717, 1.165) is 31.5 Å². The lowest BCUT2D eigenvalue weighted by Gasteiger charge is -2.31. The molecule has 1 saturated heterocycles. The number of benzene rings is 2. The van der Waals surface area contributed by atoms with Gasteiger partial charge in [-0.1, -0.05) is 24.3 Å². The molecule has 2 aromatic rings. The third-order valence-electron chi connectivity index (χ3n) is 4.92. The molecule has 0 saturated carbocycles. The number of aryl methyl sites for hydroxylation is 1. The predicted octanol–water partition coefficient (Wildman–Crippen LogP) is 3.99. The SMILES string of the molecule is COc1ccc(C)cc1NC(=O)C1CCN(Cc2ccccc2F)CC1. The third kappa shape index (κ3) is 4.41. The number of likely N-dealkylation sites (tertiary alicyclic amines) is 1. The minimum Gasteiger partial charge on any atom is -0.495 e. The zero-order valence-corrected chi connectivity index (χ0v) is 15.3. The van der Waals surface area contributed by atoms with E-state index >= 15 is 0 Å². The average molecular weight is 356 g/mol. The molecule has 26 heavy (non-hydrogen) atoms. The fourth-order valence-corrected chi connectivity index (χ4v) is 3.38. The Morgan fingerprint density at radius 1 is 1.23 bits per heavy atom. The molecule has 1 heterocycles. The molecule has 0 atom stereocenters. The van der Waals surface area contributed by atoms with Gasteiger partial charge in [0.25, 0.3) is 0 Å². The van der Waals surface area contributed by atoms with E-state index in [2.05, 4.69) is 10.2 Å². The van der Waals surface area contributed by atoms with Crippen molar-refractivity contribution in [1.29, 1.82) is 0 Å². The van der Waals surface area contributed by atoms with E-state index in [0.29, 0.717) is 23.5 Å². The van der Waals surface area contributed by atoms with Crippen molar-refractivity contribution in [2.75, 3.05) is 25.5 Å². The lowest BCUT2D eigenvalue weighted by Crippen LogP contribution is -2.38. The van der Waals surface area contributed by atoms with Crippen LogP contribution in [0.5, 0.6) is 5.75 Å². The van der Waals surface area contributed by atoms with Crippen LogP contribution in [0, 0.1) is 18.7 Å². The second-order valence-corrected chi connectivity index (χ2v) is 6.83. The van der Waals surface area contributed by atoms with Gasteiger partial charge in [-0.15, -0.1) is 0 Å². The van der Waals surface area contributed by atoms with Gasteiger partial charge < -0.3 is 10.1 Å². The summed E-state index contributed by atoms with van der Waals surface area (Å²) < 4.78 is 19.1.